The highest BCUT2D eigenvalue weighted by Crippen LogP contribution is 2.36. The topological polar surface area (TPSA) is 57.6 Å². The van der Waals surface area contributed by atoms with Gasteiger partial charge in [0.15, 0.2) is 0 Å². The zero-order chi connectivity index (χ0) is 14.9. The predicted octanol–water partition coefficient (Wildman–Crippen LogP) is 2.55. The average Bonchev–Trinajstić information content (AvgIpc) is 2.87. The van der Waals surface area contributed by atoms with Crippen LogP contribution in [-0.4, -0.2) is 35.0 Å². The minimum absolute atomic E-state index is 0.0356. The normalized spacial score (nSPS) is 30.6. The number of allylic oxidation sites excluding steroid dienone is 2. The lowest BCUT2D eigenvalue weighted by Gasteiger charge is -2.30. The van der Waals surface area contributed by atoms with E-state index in [1.165, 1.54) is 0 Å². The van der Waals surface area contributed by atoms with Crippen molar-refractivity contribution in [3.63, 3.8) is 0 Å². The van der Waals surface area contributed by atoms with E-state index in [2.05, 4.69) is 20.8 Å². The second-order valence-electron chi connectivity index (χ2n) is 7.13. The van der Waals surface area contributed by atoms with E-state index >= 15 is 0 Å². The van der Waals surface area contributed by atoms with Crippen molar-refractivity contribution in [1.82, 2.24) is 4.90 Å². The standard InChI is InChI=1S/C16H25NO3/c1-16(2,3)11-8-9-17(10-11)14(18)12-6-4-5-7-13(12)15(19)20/h4-5,11-13H,6-10H2,1-3H3,(H,19,20). The van der Waals surface area contributed by atoms with E-state index in [0.717, 1.165) is 19.5 Å². The van der Waals surface area contributed by atoms with Crippen LogP contribution < -0.4 is 0 Å². The number of hydrogen-bond donors (Lipinski definition) is 1. The fourth-order valence-electron chi connectivity index (χ4n) is 3.26. The van der Waals surface area contributed by atoms with E-state index in [9.17, 15) is 14.7 Å². The molecule has 1 amide bonds. The molecule has 2 rings (SSSR count). The Bertz CT molecular complexity index is 422. The molecule has 3 unspecified atom stereocenters. The van der Waals surface area contributed by atoms with Gasteiger partial charge in [0.1, 0.15) is 0 Å². The van der Waals surface area contributed by atoms with E-state index < -0.39 is 11.9 Å². The molecule has 4 nitrogen and oxygen atoms in total. The molecule has 1 saturated heterocycles. The first-order valence-corrected chi connectivity index (χ1v) is 7.47. The van der Waals surface area contributed by atoms with Crippen LogP contribution in [0.2, 0.25) is 0 Å². The van der Waals surface area contributed by atoms with Crippen LogP contribution in [-0.2, 0) is 9.59 Å². The molecule has 1 heterocycles. The molecule has 0 aromatic carbocycles. The van der Waals surface area contributed by atoms with Crippen molar-refractivity contribution < 1.29 is 14.7 Å². The maximum absolute atomic E-state index is 12.6. The molecule has 112 valence electrons. The number of nitrogens with zero attached hydrogens (tertiary/aromatic N) is 1. The van der Waals surface area contributed by atoms with E-state index in [4.69, 9.17) is 0 Å². The Hall–Kier alpha value is -1.32. The van der Waals surface area contributed by atoms with E-state index in [-0.39, 0.29) is 17.2 Å². The highest BCUT2D eigenvalue weighted by Gasteiger charge is 2.40. The second-order valence-corrected chi connectivity index (χ2v) is 7.13. The Morgan fingerprint density at radius 2 is 1.75 bits per heavy atom. The number of likely N-dealkylation sites (tertiary alicyclic amines) is 1. The van der Waals surface area contributed by atoms with E-state index in [1.54, 1.807) is 0 Å². The quantitative estimate of drug-likeness (QED) is 0.790. The van der Waals surface area contributed by atoms with Crippen LogP contribution in [0.4, 0.5) is 0 Å². The number of hydrogen-bond acceptors (Lipinski definition) is 2. The summed E-state index contributed by atoms with van der Waals surface area (Å²) < 4.78 is 0. The minimum Gasteiger partial charge on any atom is -0.481 e. The summed E-state index contributed by atoms with van der Waals surface area (Å²) in [6.07, 6.45) is 5.88. The highest BCUT2D eigenvalue weighted by atomic mass is 16.4. The van der Waals surface area contributed by atoms with Gasteiger partial charge in [0.25, 0.3) is 0 Å². The second kappa shape index (κ2) is 5.58. The van der Waals surface area contributed by atoms with Gasteiger partial charge in [-0.1, -0.05) is 32.9 Å². The van der Waals surface area contributed by atoms with Gasteiger partial charge in [0.2, 0.25) is 5.91 Å². The lowest BCUT2D eigenvalue weighted by molar-refractivity contribution is -0.150. The van der Waals surface area contributed by atoms with Gasteiger partial charge in [-0.15, -0.1) is 0 Å². The van der Waals surface area contributed by atoms with Gasteiger partial charge in [-0.3, -0.25) is 9.59 Å². The van der Waals surface area contributed by atoms with Crippen LogP contribution in [0, 0.1) is 23.2 Å². The molecule has 1 fully saturated rings. The third kappa shape index (κ3) is 3.05. The Balaban J connectivity index is 2.04. The lowest BCUT2D eigenvalue weighted by atomic mass is 9.80. The average molecular weight is 279 g/mol. The summed E-state index contributed by atoms with van der Waals surface area (Å²) in [5.74, 6) is -1.24. The molecule has 0 aromatic rings. The third-order valence-electron chi connectivity index (χ3n) is 4.79. The van der Waals surface area contributed by atoms with Gasteiger partial charge < -0.3 is 10.0 Å². The fraction of sp³-hybridized carbons (Fsp3) is 0.750. The number of amides is 1. The summed E-state index contributed by atoms with van der Waals surface area (Å²) in [7, 11) is 0. The largest absolute Gasteiger partial charge is 0.481 e. The molecular formula is C16H25NO3. The van der Waals surface area contributed by atoms with Crippen LogP contribution >= 0.6 is 0 Å². The van der Waals surface area contributed by atoms with Gasteiger partial charge in [0.05, 0.1) is 11.8 Å². The number of aliphatic carboxylic acids is 1. The monoisotopic (exact) mass is 279 g/mol. The van der Waals surface area contributed by atoms with Crippen molar-refractivity contribution in [3.05, 3.63) is 12.2 Å². The van der Waals surface area contributed by atoms with Crippen LogP contribution in [0.3, 0.4) is 0 Å². The van der Waals surface area contributed by atoms with Crippen LogP contribution in [0.5, 0.6) is 0 Å². The van der Waals surface area contributed by atoms with Crippen LogP contribution in [0.25, 0.3) is 0 Å². The molecular weight excluding hydrogens is 254 g/mol. The Morgan fingerprint density at radius 3 is 2.25 bits per heavy atom. The molecule has 0 aromatic heterocycles. The molecule has 4 heteroatoms. The predicted molar refractivity (Wildman–Crippen MR) is 77.1 cm³/mol. The first kappa shape index (κ1) is 15.1. The SMILES string of the molecule is CC(C)(C)C1CCN(C(=O)C2CC=CCC2C(=O)O)C1. The number of carbonyl (C=O) groups is 2. The summed E-state index contributed by atoms with van der Waals surface area (Å²) in [6, 6.07) is 0. The Morgan fingerprint density at radius 1 is 1.15 bits per heavy atom. The Kier molecular flexibility index (Phi) is 4.21. The summed E-state index contributed by atoms with van der Waals surface area (Å²) in [6.45, 7) is 8.15. The van der Waals surface area contributed by atoms with Gasteiger partial charge in [-0.25, -0.2) is 0 Å². The first-order valence-electron chi connectivity index (χ1n) is 7.47. The van der Waals surface area contributed by atoms with Crippen molar-refractivity contribution >= 4 is 11.9 Å². The van der Waals surface area contributed by atoms with Crippen LogP contribution in [0.1, 0.15) is 40.0 Å². The first-order chi connectivity index (χ1) is 9.30. The van der Waals surface area contributed by atoms with Crippen molar-refractivity contribution in [3.8, 4) is 0 Å². The molecule has 2 aliphatic rings. The van der Waals surface area contributed by atoms with Gasteiger partial charge in [0, 0.05) is 13.1 Å². The van der Waals surface area contributed by atoms with Gasteiger partial charge >= 0.3 is 5.97 Å². The number of rotatable bonds is 2. The van der Waals surface area contributed by atoms with E-state index in [1.807, 2.05) is 17.1 Å². The molecule has 1 aliphatic carbocycles. The molecule has 3 atom stereocenters. The molecule has 20 heavy (non-hydrogen) atoms. The van der Waals surface area contributed by atoms with Crippen molar-refractivity contribution in [2.24, 2.45) is 23.2 Å². The number of carboxylic acids is 1. The zero-order valence-electron chi connectivity index (χ0n) is 12.6. The number of carboxylic acid groups (broad SMARTS) is 1. The Labute approximate surface area is 120 Å². The third-order valence-corrected chi connectivity index (χ3v) is 4.79. The number of carbonyl (C=O) groups excluding carboxylic acids is 1. The van der Waals surface area contributed by atoms with Gasteiger partial charge in [-0.05, 0) is 30.6 Å². The fourth-order valence-corrected chi connectivity index (χ4v) is 3.26. The van der Waals surface area contributed by atoms with Crippen molar-refractivity contribution in [1.29, 1.82) is 0 Å². The summed E-state index contributed by atoms with van der Waals surface area (Å²) in [5.41, 5.74) is 0.202. The molecule has 0 spiro atoms. The summed E-state index contributed by atoms with van der Waals surface area (Å²) in [4.78, 5) is 25.8. The molecule has 0 bridgehead atoms. The molecule has 1 aliphatic heterocycles. The smallest absolute Gasteiger partial charge is 0.307 e. The molecule has 0 radical (unpaired) electrons. The maximum Gasteiger partial charge on any atom is 0.307 e. The molecule has 1 N–H and O–H groups in total. The van der Waals surface area contributed by atoms with Gasteiger partial charge in [-0.2, -0.15) is 0 Å². The van der Waals surface area contributed by atoms with E-state index in [0.29, 0.717) is 18.8 Å². The molecule has 0 saturated carbocycles. The zero-order valence-corrected chi connectivity index (χ0v) is 12.6. The summed E-state index contributed by atoms with van der Waals surface area (Å²) in [5, 5.41) is 9.28. The van der Waals surface area contributed by atoms with Crippen LogP contribution in [0.15, 0.2) is 12.2 Å². The highest BCUT2D eigenvalue weighted by molar-refractivity contribution is 5.85. The minimum atomic E-state index is -0.848. The lowest BCUT2D eigenvalue weighted by Crippen LogP contribution is -2.41. The van der Waals surface area contributed by atoms with Crippen molar-refractivity contribution in [2.75, 3.05) is 13.1 Å². The maximum atomic E-state index is 12.6. The van der Waals surface area contributed by atoms with Crippen molar-refractivity contribution in [2.45, 2.75) is 40.0 Å². The summed E-state index contributed by atoms with van der Waals surface area (Å²) >= 11 is 0.